The second-order valence-corrected chi connectivity index (χ2v) is 7.86. The van der Waals surface area contributed by atoms with E-state index in [1.165, 1.54) is 51.7 Å². The van der Waals surface area contributed by atoms with Crippen molar-refractivity contribution in [2.45, 2.75) is 38.5 Å². The molecular formula is C26H35NO3. The third-order valence-corrected chi connectivity index (χ3v) is 5.56. The molecule has 0 unspecified atom stereocenters. The van der Waals surface area contributed by atoms with Crippen LogP contribution in [0.2, 0.25) is 0 Å². The van der Waals surface area contributed by atoms with Crippen LogP contribution in [0.4, 0.5) is 0 Å². The maximum absolute atomic E-state index is 5.90. The number of rotatable bonds is 12. The predicted molar refractivity (Wildman–Crippen MR) is 125 cm³/mol. The van der Waals surface area contributed by atoms with Crippen LogP contribution in [-0.2, 0) is 0 Å². The molecule has 1 fully saturated rings. The van der Waals surface area contributed by atoms with Crippen molar-refractivity contribution < 1.29 is 14.2 Å². The first-order valence-electron chi connectivity index (χ1n) is 11.1. The average molecular weight is 410 g/mol. The fraction of sp³-hybridized carbons (Fsp3) is 0.462. The number of hydrogen-bond acceptors (Lipinski definition) is 4. The van der Waals surface area contributed by atoms with Gasteiger partial charge in [-0.25, -0.2) is 0 Å². The monoisotopic (exact) mass is 409 g/mol. The van der Waals surface area contributed by atoms with Gasteiger partial charge in [-0.15, -0.1) is 0 Å². The molecule has 162 valence electrons. The Morgan fingerprint density at radius 3 is 2.03 bits per heavy atom. The summed E-state index contributed by atoms with van der Waals surface area (Å²) in [7, 11) is 3.32. The lowest BCUT2D eigenvalue weighted by Crippen LogP contribution is -2.20. The zero-order chi connectivity index (χ0) is 21.0. The van der Waals surface area contributed by atoms with Crippen LogP contribution in [0.5, 0.6) is 17.2 Å². The summed E-state index contributed by atoms with van der Waals surface area (Å²) in [6.45, 7) is 4.69. The molecule has 4 nitrogen and oxygen atoms in total. The van der Waals surface area contributed by atoms with Crippen LogP contribution in [0.1, 0.15) is 49.7 Å². The number of hydrogen-bond donors (Lipinski definition) is 0. The molecule has 3 rings (SSSR count). The molecule has 1 aliphatic rings. The molecule has 0 radical (unpaired) electrons. The van der Waals surface area contributed by atoms with Gasteiger partial charge in [-0.1, -0.05) is 37.1 Å². The summed E-state index contributed by atoms with van der Waals surface area (Å²) in [6, 6.07) is 14.1. The molecule has 0 saturated carbocycles. The van der Waals surface area contributed by atoms with E-state index in [2.05, 4.69) is 29.2 Å². The van der Waals surface area contributed by atoms with Gasteiger partial charge in [0.05, 0.1) is 20.8 Å². The molecule has 2 aromatic carbocycles. The number of unbranched alkanes of at least 4 members (excludes halogenated alkanes) is 3. The maximum atomic E-state index is 5.90. The third kappa shape index (κ3) is 7.42. The number of ether oxygens (including phenoxy) is 3. The Balaban J connectivity index is 1.37. The van der Waals surface area contributed by atoms with Gasteiger partial charge in [-0.05, 0) is 80.7 Å². The molecule has 30 heavy (non-hydrogen) atoms. The number of methoxy groups -OCH3 is 2. The van der Waals surface area contributed by atoms with Crippen molar-refractivity contribution in [1.82, 2.24) is 4.90 Å². The Bertz CT molecular complexity index is 757. The van der Waals surface area contributed by atoms with Crippen molar-refractivity contribution in [2.75, 3.05) is 40.5 Å². The Hall–Kier alpha value is -2.46. The lowest BCUT2D eigenvalue weighted by Gasteiger charge is -2.13. The topological polar surface area (TPSA) is 30.9 Å². The number of likely N-dealkylation sites (tertiary alicyclic amines) is 1. The van der Waals surface area contributed by atoms with Crippen molar-refractivity contribution >= 4 is 12.2 Å². The SMILES string of the molecule is COc1cc(/C=C/c2ccc(OCCCCCCN3CCCC3)cc2)cc(OC)c1. The fourth-order valence-electron chi connectivity index (χ4n) is 3.78. The molecule has 0 N–H and O–H groups in total. The van der Waals surface area contributed by atoms with Crippen molar-refractivity contribution in [2.24, 2.45) is 0 Å². The van der Waals surface area contributed by atoms with Crippen LogP contribution in [0.25, 0.3) is 12.2 Å². The van der Waals surface area contributed by atoms with Crippen LogP contribution >= 0.6 is 0 Å². The first-order valence-corrected chi connectivity index (χ1v) is 11.1. The molecule has 0 aliphatic carbocycles. The third-order valence-electron chi connectivity index (χ3n) is 5.56. The second-order valence-electron chi connectivity index (χ2n) is 7.86. The molecule has 2 aromatic rings. The molecule has 4 heteroatoms. The van der Waals surface area contributed by atoms with E-state index in [1.54, 1.807) is 14.2 Å². The Labute approximate surface area is 181 Å². The van der Waals surface area contributed by atoms with E-state index in [0.29, 0.717) is 0 Å². The molecule has 0 bridgehead atoms. The van der Waals surface area contributed by atoms with E-state index in [0.717, 1.165) is 41.4 Å². The van der Waals surface area contributed by atoms with Gasteiger partial charge in [0.1, 0.15) is 17.2 Å². The number of benzene rings is 2. The van der Waals surface area contributed by atoms with Crippen molar-refractivity contribution in [1.29, 1.82) is 0 Å². The van der Waals surface area contributed by atoms with Crippen molar-refractivity contribution in [3.05, 3.63) is 53.6 Å². The summed E-state index contributed by atoms with van der Waals surface area (Å²) in [6.07, 6.45) is 11.9. The minimum atomic E-state index is 0.786. The van der Waals surface area contributed by atoms with E-state index in [1.807, 2.05) is 30.3 Å². The second kappa shape index (κ2) is 12.3. The zero-order valence-electron chi connectivity index (χ0n) is 18.4. The van der Waals surface area contributed by atoms with E-state index in [4.69, 9.17) is 14.2 Å². The lowest BCUT2D eigenvalue weighted by molar-refractivity contribution is 0.297. The highest BCUT2D eigenvalue weighted by molar-refractivity contribution is 5.71. The van der Waals surface area contributed by atoms with Crippen LogP contribution < -0.4 is 14.2 Å². The molecule has 1 heterocycles. The van der Waals surface area contributed by atoms with Crippen LogP contribution in [0, 0.1) is 0 Å². The summed E-state index contributed by atoms with van der Waals surface area (Å²) in [5.41, 5.74) is 2.17. The Morgan fingerprint density at radius 1 is 0.733 bits per heavy atom. The maximum Gasteiger partial charge on any atom is 0.123 e. The molecule has 0 aromatic heterocycles. The highest BCUT2D eigenvalue weighted by Crippen LogP contribution is 2.24. The van der Waals surface area contributed by atoms with Crippen LogP contribution in [0.3, 0.4) is 0 Å². The minimum absolute atomic E-state index is 0.786. The zero-order valence-corrected chi connectivity index (χ0v) is 18.4. The molecule has 0 atom stereocenters. The lowest BCUT2D eigenvalue weighted by atomic mass is 10.1. The van der Waals surface area contributed by atoms with Gasteiger partial charge in [0.15, 0.2) is 0 Å². The van der Waals surface area contributed by atoms with Gasteiger partial charge in [-0.3, -0.25) is 0 Å². The minimum Gasteiger partial charge on any atom is -0.497 e. The summed E-state index contributed by atoms with van der Waals surface area (Å²) in [5.74, 6) is 2.51. The van der Waals surface area contributed by atoms with Gasteiger partial charge >= 0.3 is 0 Å². The Morgan fingerprint density at radius 2 is 1.37 bits per heavy atom. The summed E-state index contributed by atoms with van der Waals surface area (Å²) in [5, 5.41) is 0. The van der Waals surface area contributed by atoms with Crippen LogP contribution in [0.15, 0.2) is 42.5 Å². The van der Waals surface area contributed by atoms with Crippen LogP contribution in [-0.4, -0.2) is 45.4 Å². The van der Waals surface area contributed by atoms with Gasteiger partial charge in [0.2, 0.25) is 0 Å². The first kappa shape index (κ1) is 22.2. The smallest absolute Gasteiger partial charge is 0.123 e. The van der Waals surface area contributed by atoms with Gasteiger partial charge in [0, 0.05) is 6.07 Å². The van der Waals surface area contributed by atoms with E-state index in [-0.39, 0.29) is 0 Å². The molecule has 0 spiro atoms. The normalized spacial score (nSPS) is 14.3. The quantitative estimate of drug-likeness (QED) is 0.322. The van der Waals surface area contributed by atoms with E-state index in [9.17, 15) is 0 Å². The average Bonchev–Trinajstić information content (AvgIpc) is 3.31. The highest BCUT2D eigenvalue weighted by Gasteiger charge is 2.09. The molecule has 0 amide bonds. The van der Waals surface area contributed by atoms with E-state index < -0.39 is 0 Å². The largest absolute Gasteiger partial charge is 0.497 e. The molecular weight excluding hydrogens is 374 g/mol. The van der Waals surface area contributed by atoms with Gasteiger partial charge in [-0.2, -0.15) is 0 Å². The van der Waals surface area contributed by atoms with Crippen molar-refractivity contribution in [3.8, 4) is 17.2 Å². The summed E-state index contributed by atoms with van der Waals surface area (Å²) < 4.78 is 16.5. The summed E-state index contributed by atoms with van der Waals surface area (Å²) in [4.78, 5) is 2.59. The fourth-order valence-corrected chi connectivity index (χ4v) is 3.78. The van der Waals surface area contributed by atoms with E-state index >= 15 is 0 Å². The Kier molecular flexibility index (Phi) is 9.10. The van der Waals surface area contributed by atoms with Gasteiger partial charge in [0.25, 0.3) is 0 Å². The van der Waals surface area contributed by atoms with Gasteiger partial charge < -0.3 is 19.1 Å². The standard InChI is InChI=1S/C26H35NO3/c1-28-25-19-23(20-26(21-25)29-2)10-9-22-11-13-24(14-12-22)30-18-8-4-3-5-15-27-16-6-7-17-27/h9-14,19-21H,3-8,15-18H2,1-2H3/b10-9+. The van der Waals surface area contributed by atoms with Crippen molar-refractivity contribution in [3.63, 3.8) is 0 Å². The first-order chi connectivity index (χ1) is 14.8. The number of nitrogens with zero attached hydrogens (tertiary/aromatic N) is 1. The molecule has 1 saturated heterocycles. The highest BCUT2D eigenvalue weighted by atomic mass is 16.5. The summed E-state index contributed by atoms with van der Waals surface area (Å²) >= 11 is 0. The predicted octanol–water partition coefficient (Wildman–Crippen LogP) is 5.91. The molecule has 1 aliphatic heterocycles.